The summed E-state index contributed by atoms with van der Waals surface area (Å²) in [6.45, 7) is 1.06. The number of carbonyl (C=O) groups excluding carboxylic acids is 3. The zero-order valence-electron chi connectivity index (χ0n) is 50.1. The van der Waals surface area contributed by atoms with Gasteiger partial charge in [0.25, 0.3) is 0 Å². The molecular weight excluding hydrogens is 1260 g/mol. The van der Waals surface area contributed by atoms with Crippen LogP contribution >= 0.6 is 0 Å². The molecule has 3 atom stereocenters. The average Bonchev–Trinajstić information content (AvgIpc) is 1.64. The number of aromatic nitrogens is 6. The van der Waals surface area contributed by atoms with Crippen molar-refractivity contribution in [2.24, 2.45) is 0 Å². The van der Waals surface area contributed by atoms with E-state index in [0.29, 0.717) is 91.8 Å². The number of hydrogen-bond acceptors (Lipinski definition) is 15. The van der Waals surface area contributed by atoms with Gasteiger partial charge in [-0.15, -0.1) is 0 Å². The number of carboxylic acid groups (broad SMARTS) is 3. The van der Waals surface area contributed by atoms with Gasteiger partial charge in [-0.05, 0) is 164 Å². The topological polar surface area (TPSA) is 286 Å². The van der Waals surface area contributed by atoms with Gasteiger partial charge in [0.15, 0.2) is 0 Å². The van der Waals surface area contributed by atoms with E-state index < -0.39 is 65.4 Å². The summed E-state index contributed by atoms with van der Waals surface area (Å²) in [7, 11) is -6.86. The number of carbonyl (C=O) groups is 3. The molecule has 9 aromatic rings. The molecule has 0 spiro atoms. The summed E-state index contributed by atoms with van der Waals surface area (Å²) >= 11 is 0. The molecule has 6 aromatic heterocycles. The molecule has 0 fully saturated rings. The minimum atomic E-state index is -3.79. The maximum Gasteiger partial charge on any atom is 1.00 e. The van der Waals surface area contributed by atoms with Crippen LogP contribution in [-0.2, 0) is 103 Å². The molecule has 9 heterocycles. The van der Waals surface area contributed by atoms with Crippen molar-refractivity contribution in [3.63, 3.8) is 0 Å². The Labute approximate surface area is 594 Å². The van der Waals surface area contributed by atoms with Crippen LogP contribution in [-0.4, -0.2) is 124 Å². The fourth-order valence-corrected chi connectivity index (χ4v) is 16.1. The Kier molecular flexibility index (Phi) is 24.0. The number of pyridine rings is 3. The second kappa shape index (κ2) is 29.9. The van der Waals surface area contributed by atoms with Gasteiger partial charge in [0.1, 0.15) is 34.4 Å². The van der Waals surface area contributed by atoms with Gasteiger partial charge in [-0.25, -0.2) is 53.4 Å². The van der Waals surface area contributed by atoms with Gasteiger partial charge in [0, 0.05) is 148 Å². The van der Waals surface area contributed by atoms with E-state index >= 15 is 0 Å². The van der Waals surface area contributed by atoms with Crippen molar-refractivity contribution in [2.75, 3.05) is 21.1 Å². The molecule has 0 amide bonds. The number of carboxylic acids is 3. The number of benzene rings is 3. The number of likely N-dealkylation sites (N-methyl/N-ethyl adjacent to an activating group) is 3. The number of hydrogen-bond donors (Lipinski definition) is 0. The minimum absolute atomic E-state index is 0. The first-order valence-corrected chi connectivity index (χ1v) is 31.8. The Morgan fingerprint density at radius 1 is 0.456 bits per heavy atom. The SMILES string of the molecule is CN([C@@H]1CCc2c(CC(=O)[O-])c3cccnc3n2C1)S(=O)(=O)c1ccc(F)cc1.CN([C@@H]1CCc2c(CC(=O)[O-])c3cccnc3n2C1)S(=O)(=O)c1ccc(F)cc1.CN([C@@H]1CCc2c(CC(=O)[O-])c3cccnc3n2C1)S(=O)(=O)c1ccc(F)cc1.[K+].[Li+].[Na+]. The summed E-state index contributed by atoms with van der Waals surface area (Å²) in [5, 5.41) is 35.9. The first-order valence-electron chi connectivity index (χ1n) is 27.5. The van der Waals surface area contributed by atoms with Crippen LogP contribution in [0.1, 0.15) is 53.0 Å². The van der Waals surface area contributed by atoms with Crippen molar-refractivity contribution in [2.45, 2.75) is 110 Å². The average molecular weight is 1320 g/mol. The molecule has 0 unspecified atom stereocenters. The monoisotopic (exact) mass is 1320 g/mol. The molecular formula is C60H57F3KLiN9NaO12S3. The second-order valence-electron chi connectivity index (χ2n) is 21.4. The third-order valence-corrected chi connectivity index (χ3v) is 22.2. The van der Waals surface area contributed by atoms with Gasteiger partial charge in [-0.2, -0.15) is 12.9 Å². The molecule has 3 aromatic carbocycles. The molecule has 21 nitrogen and oxygen atoms in total. The van der Waals surface area contributed by atoms with Gasteiger partial charge < -0.3 is 43.4 Å². The molecule has 0 saturated heterocycles. The summed E-state index contributed by atoms with van der Waals surface area (Å²) in [5.41, 5.74) is 6.50. The molecule has 0 radical (unpaired) electrons. The zero-order valence-corrected chi connectivity index (χ0v) is 57.7. The molecule has 30 heteroatoms. The van der Waals surface area contributed by atoms with Crippen LogP contribution in [0.5, 0.6) is 0 Å². The van der Waals surface area contributed by atoms with Crippen LogP contribution in [0, 0.1) is 17.5 Å². The van der Waals surface area contributed by atoms with E-state index in [4.69, 9.17) is 0 Å². The van der Waals surface area contributed by atoms with E-state index in [1.807, 2.05) is 31.9 Å². The quantitative estimate of drug-likeness (QED) is 0.0865. The number of aliphatic carboxylic acids is 3. The van der Waals surface area contributed by atoms with E-state index in [0.717, 1.165) is 69.6 Å². The third-order valence-electron chi connectivity index (χ3n) is 16.4. The van der Waals surface area contributed by atoms with Crippen molar-refractivity contribution in [3.05, 3.63) is 179 Å². The van der Waals surface area contributed by atoms with Gasteiger partial charge in [0.05, 0.1) is 14.7 Å². The maximum absolute atomic E-state index is 13.2. The van der Waals surface area contributed by atoms with Crippen molar-refractivity contribution in [3.8, 4) is 0 Å². The number of halogens is 3. The molecule has 456 valence electrons. The predicted octanol–water partition coefficient (Wildman–Crippen LogP) is -5.68. The summed E-state index contributed by atoms with van der Waals surface area (Å²) in [4.78, 5) is 46.9. The van der Waals surface area contributed by atoms with Gasteiger partial charge in [-0.3, -0.25) is 0 Å². The van der Waals surface area contributed by atoms with Crippen LogP contribution in [0.15, 0.2) is 142 Å². The van der Waals surface area contributed by atoms with E-state index in [1.165, 1.54) is 70.5 Å². The number of sulfonamides is 3. The first kappa shape index (κ1) is 72.3. The Balaban J connectivity index is 0.000000189. The fourth-order valence-electron chi connectivity index (χ4n) is 12.0. The summed E-state index contributed by atoms with van der Waals surface area (Å²) in [6, 6.07) is 23.9. The fraction of sp³-hybridized carbons (Fsp3) is 0.300. The normalized spacial score (nSPS) is 16.3. The minimum Gasteiger partial charge on any atom is -0.550 e. The smallest absolute Gasteiger partial charge is 0.550 e. The number of fused-ring (bicyclic) bond motifs is 9. The summed E-state index contributed by atoms with van der Waals surface area (Å²) < 4.78 is 127. The Morgan fingerprint density at radius 2 is 0.689 bits per heavy atom. The Morgan fingerprint density at radius 3 is 0.911 bits per heavy atom. The molecule has 3 aliphatic rings. The molecule has 0 N–H and O–H groups in total. The molecule has 90 heavy (non-hydrogen) atoms. The maximum atomic E-state index is 13.2. The van der Waals surface area contributed by atoms with Crippen LogP contribution in [0.3, 0.4) is 0 Å². The zero-order chi connectivity index (χ0) is 62.3. The Hall–Kier alpha value is -5.11. The van der Waals surface area contributed by atoms with Crippen molar-refractivity contribution < 1.29 is 168 Å². The second-order valence-corrected chi connectivity index (χ2v) is 27.4. The standard InChI is InChI=1S/3C20H20FN3O4S.K.Li.Na/c3*1-23(29(27,28)15-7-4-13(21)5-8-15)14-6-9-18-17(11-19(25)26)16-3-2-10-22-20(16)24(18)12-14;;;/h3*2-5,7-8,10,14H,6,9,11-12H2,1H3,(H,25,26);;;/q;;;3*+1/p-3/t3*14-;;;/m111.../s1. The summed E-state index contributed by atoms with van der Waals surface area (Å²) in [6.07, 6.45) is 7.42. The van der Waals surface area contributed by atoms with Crippen LogP contribution in [0.25, 0.3) is 33.1 Å². The van der Waals surface area contributed by atoms with Crippen molar-refractivity contribution >= 4 is 81.1 Å². The molecule has 3 aliphatic heterocycles. The van der Waals surface area contributed by atoms with E-state index in [9.17, 15) is 68.1 Å². The number of nitrogens with zero attached hydrogens (tertiary/aromatic N) is 9. The van der Waals surface area contributed by atoms with Gasteiger partial charge >= 0.3 is 99.8 Å². The Bertz CT molecular complexity index is 4040. The predicted molar refractivity (Wildman–Crippen MR) is 306 cm³/mol. The van der Waals surface area contributed by atoms with Crippen molar-refractivity contribution in [1.82, 2.24) is 41.6 Å². The third kappa shape index (κ3) is 14.9. The van der Waals surface area contributed by atoms with Crippen LogP contribution < -0.4 is 115 Å². The van der Waals surface area contributed by atoms with Crippen LogP contribution in [0.4, 0.5) is 13.2 Å². The number of rotatable bonds is 15. The van der Waals surface area contributed by atoms with E-state index in [2.05, 4.69) is 15.0 Å². The van der Waals surface area contributed by atoms with E-state index in [1.54, 1.807) is 36.8 Å². The largest absolute Gasteiger partial charge is 1.00 e. The van der Waals surface area contributed by atoms with Gasteiger partial charge in [-0.1, -0.05) is 0 Å². The van der Waals surface area contributed by atoms with Gasteiger partial charge in [0.2, 0.25) is 30.1 Å². The molecule has 0 saturated carbocycles. The van der Waals surface area contributed by atoms with E-state index in [-0.39, 0.29) is 152 Å². The molecule has 12 rings (SSSR count). The van der Waals surface area contributed by atoms with Crippen molar-refractivity contribution in [1.29, 1.82) is 0 Å². The summed E-state index contributed by atoms with van der Waals surface area (Å²) in [5.74, 6) is -5.00. The first-order chi connectivity index (χ1) is 41.4. The molecule has 0 aliphatic carbocycles. The molecule has 0 bridgehead atoms. The van der Waals surface area contributed by atoms with Crippen LogP contribution in [0.2, 0.25) is 0 Å².